The van der Waals surface area contributed by atoms with Crippen LogP contribution in [0.2, 0.25) is 0 Å². The van der Waals surface area contributed by atoms with E-state index in [1.54, 1.807) is 13.3 Å². The van der Waals surface area contributed by atoms with Gasteiger partial charge in [0.15, 0.2) is 5.65 Å². The predicted octanol–water partition coefficient (Wildman–Crippen LogP) is 2.40. The Bertz CT molecular complexity index is 522. The number of methoxy groups -OCH3 is 1. The zero-order valence-corrected chi connectivity index (χ0v) is 12.9. The van der Waals surface area contributed by atoms with Gasteiger partial charge in [-0.1, -0.05) is 13.3 Å². The summed E-state index contributed by atoms with van der Waals surface area (Å²) in [4.78, 5) is 8.51. The molecule has 0 spiro atoms. The SMILES string of the molecule is CCCC(COC)NCc1cnc2cnc(Br)cn12. The van der Waals surface area contributed by atoms with Gasteiger partial charge in [0, 0.05) is 25.9 Å². The molecule has 0 radical (unpaired) electrons. The lowest BCUT2D eigenvalue weighted by molar-refractivity contribution is 0.161. The average Bonchev–Trinajstić information content (AvgIpc) is 2.79. The van der Waals surface area contributed by atoms with Crippen LogP contribution in [-0.4, -0.2) is 34.1 Å². The van der Waals surface area contributed by atoms with Crippen molar-refractivity contribution in [2.45, 2.75) is 32.4 Å². The van der Waals surface area contributed by atoms with Gasteiger partial charge in [0.25, 0.3) is 0 Å². The van der Waals surface area contributed by atoms with Gasteiger partial charge >= 0.3 is 0 Å². The Kier molecular flexibility index (Phi) is 5.30. The van der Waals surface area contributed by atoms with E-state index in [9.17, 15) is 0 Å². The number of nitrogens with one attached hydrogen (secondary N) is 1. The average molecular weight is 327 g/mol. The second-order valence-corrected chi connectivity index (χ2v) is 5.32. The lowest BCUT2D eigenvalue weighted by Gasteiger charge is -2.16. The molecule has 0 aliphatic carbocycles. The number of hydrogen-bond acceptors (Lipinski definition) is 4. The van der Waals surface area contributed by atoms with E-state index in [2.05, 4.69) is 38.1 Å². The Labute approximate surface area is 121 Å². The molecule has 1 atom stereocenters. The van der Waals surface area contributed by atoms with Crippen LogP contribution in [0.5, 0.6) is 0 Å². The van der Waals surface area contributed by atoms with Crippen molar-refractivity contribution < 1.29 is 4.74 Å². The number of halogens is 1. The molecule has 0 saturated carbocycles. The number of aromatic nitrogens is 3. The third-order valence-electron chi connectivity index (χ3n) is 3.02. The summed E-state index contributed by atoms with van der Waals surface area (Å²) in [5.74, 6) is 0. The van der Waals surface area contributed by atoms with Gasteiger partial charge in [0.2, 0.25) is 0 Å². The molecule has 2 rings (SSSR count). The fraction of sp³-hybridized carbons (Fsp3) is 0.538. The molecule has 2 aromatic heterocycles. The summed E-state index contributed by atoms with van der Waals surface area (Å²) in [5, 5.41) is 3.51. The molecule has 19 heavy (non-hydrogen) atoms. The van der Waals surface area contributed by atoms with Gasteiger partial charge in [-0.3, -0.25) is 4.40 Å². The molecular formula is C13H19BrN4O. The fourth-order valence-electron chi connectivity index (χ4n) is 2.09. The highest BCUT2D eigenvalue weighted by Crippen LogP contribution is 2.11. The van der Waals surface area contributed by atoms with Crippen LogP contribution in [0.3, 0.4) is 0 Å². The van der Waals surface area contributed by atoms with Gasteiger partial charge in [0.1, 0.15) is 4.60 Å². The smallest absolute Gasteiger partial charge is 0.155 e. The molecule has 1 N–H and O–H groups in total. The van der Waals surface area contributed by atoms with Crippen molar-refractivity contribution >= 4 is 21.6 Å². The fourth-order valence-corrected chi connectivity index (χ4v) is 2.40. The van der Waals surface area contributed by atoms with Crippen molar-refractivity contribution in [3.63, 3.8) is 0 Å². The van der Waals surface area contributed by atoms with E-state index in [4.69, 9.17) is 4.74 Å². The molecule has 0 aromatic carbocycles. The lowest BCUT2D eigenvalue weighted by Crippen LogP contribution is -2.32. The van der Waals surface area contributed by atoms with Crippen molar-refractivity contribution in [2.75, 3.05) is 13.7 Å². The maximum absolute atomic E-state index is 5.23. The van der Waals surface area contributed by atoms with Crippen molar-refractivity contribution in [1.82, 2.24) is 19.7 Å². The monoisotopic (exact) mass is 326 g/mol. The maximum atomic E-state index is 5.23. The van der Waals surface area contributed by atoms with Crippen LogP contribution in [-0.2, 0) is 11.3 Å². The van der Waals surface area contributed by atoms with Crippen LogP contribution in [0.1, 0.15) is 25.5 Å². The molecule has 0 aliphatic rings. The van der Waals surface area contributed by atoms with Gasteiger partial charge in [-0.15, -0.1) is 0 Å². The minimum absolute atomic E-state index is 0.380. The van der Waals surface area contributed by atoms with Crippen LogP contribution in [0, 0.1) is 0 Å². The molecule has 0 aliphatic heterocycles. The molecule has 0 saturated heterocycles. The number of fused-ring (bicyclic) bond motifs is 1. The zero-order valence-electron chi connectivity index (χ0n) is 11.3. The predicted molar refractivity (Wildman–Crippen MR) is 78.1 cm³/mol. The van der Waals surface area contributed by atoms with Crippen LogP contribution in [0.15, 0.2) is 23.2 Å². The summed E-state index contributed by atoms with van der Waals surface area (Å²) in [5.41, 5.74) is 1.98. The number of hydrogen-bond donors (Lipinski definition) is 1. The van der Waals surface area contributed by atoms with E-state index in [-0.39, 0.29) is 0 Å². The van der Waals surface area contributed by atoms with Crippen molar-refractivity contribution in [2.24, 2.45) is 0 Å². The first-order valence-electron chi connectivity index (χ1n) is 6.44. The van der Waals surface area contributed by atoms with Crippen molar-refractivity contribution in [1.29, 1.82) is 0 Å². The normalized spacial score (nSPS) is 13.0. The molecule has 0 amide bonds. The van der Waals surface area contributed by atoms with Gasteiger partial charge in [0.05, 0.1) is 24.7 Å². The second-order valence-electron chi connectivity index (χ2n) is 4.51. The molecule has 5 nitrogen and oxygen atoms in total. The minimum atomic E-state index is 0.380. The molecule has 0 bridgehead atoms. The Morgan fingerprint density at radius 2 is 2.26 bits per heavy atom. The number of nitrogens with zero attached hydrogens (tertiary/aromatic N) is 3. The third-order valence-corrected chi connectivity index (χ3v) is 3.43. The van der Waals surface area contributed by atoms with E-state index < -0.39 is 0 Å². The van der Waals surface area contributed by atoms with Crippen molar-refractivity contribution in [3.05, 3.63) is 28.9 Å². The first kappa shape index (κ1) is 14.4. The van der Waals surface area contributed by atoms with Crippen LogP contribution in [0.4, 0.5) is 0 Å². The quantitative estimate of drug-likeness (QED) is 0.848. The third kappa shape index (κ3) is 3.75. The molecule has 0 fully saturated rings. The van der Waals surface area contributed by atoms with Gasteiger partial charge in [-0.05, 0) is 22.4 Å². The minimum Gasteiger partial charge on any atom is -0.383 e. The van der Waals surface area contributed by atoms with Crippen LogP contribution in [0.25, 0.3) is 5.65 Å². The van der Waals surface area contributed by atoms with Crippen LogP contribution < -0.4 is 5.32 Å². The highest BCUT2D eigenvalue weighted by Gasteiger charge is 2.09. The molecule has 2 heterocycles. The van der Waals surface area contributed by atoms with Crippen molar-refractivity contribution in [3.8, 4) is 0 Å². The lowest BCUT2D eigenvalue weighted by atomic mass is 10.2. The summed E-state index contributed by atoms with van der Waals surface area (Å²) in [7, 11) is 1.74. The van der Waals surface area contributed by atoms with Gasteiger partial charge in [-0.25, -0.2) is 9.97 Å². The summed E-state index contributed by atoms with van der Waals surface area (Å²) in [6.07, 6.45) is 7.82. The summed E-state index contributed by atoms with van der Waals surface area (Å²) in [6, 6.07) is 0.380. The number of ether oxygens (including phenoxy) is 1. The summed E-state index contributed by atoms with van der Waals surface area (Å²) < 4.78 is 8.08. The Hall–Kier alpha value is -0.980. The summed E-state index contributed by atoms with van der Waals surface area (Å²) >= 11 is 3.38. The standard InChI is InChI=1S/C13H19BrN4O/c1-3-4-10(9-19-2)15-5-11-6-17-13-7-16-12(14)8-18(11)13/h6-8,10,15H,3-5,9H2,1-2H3. The largest absolute Gasteiger partial charge is 0.383 e. The van der Waals surface area contributed by atoms with E-state index in [1.807, 2.05) is 16.8 Å². The highest BCUT2D eigenvalue weighted by atomic mass is 79.9. The topological polar surface area (TPSA) is 51.5 Å². The Morgan fingerprint density at radius 3 is 3.00 bits per heavy atom. The highest BCUT2D eigenvalue weighted by molar-refractivity contribution is 9.10. The zero-order chi connectivity index (χ0) is 13.7. The van der Waals surface area contributed by atoms with Crippen LogP contribution >= 0.6 is 15.9 Å². The summed E-state index contributed by atoms with van der Waals surface area (Å²) in [6.45, 7) is 3.68. The van der Waals surface area contributed by atoms with Gasteiger partial charge in [-0.2, -0.15) is 0 Å². The molecule has 2 aromatic rings. The first-order valence-corrected chi connectivity index (χ1v) is 7.23. The van der Waals surface area contributed by atoms with E-state index >= 15 is 0 Å². The maximum Gasteiger partial charge on any atom is 0.155 e. The first-order chi connectivity index (χ1) is 9.24. The second kappa shape index (κ2) is 6.98. The van der Waals surface area contributed by atoms with Gasteiger partial charge < -0.3 is 10.1 Å². The van der Waals surface area contributed by atoms with E-state index in [0.717, 1.165) is 41.9 Å². The molecular weight excluding hydrogens is 308 g/mol. The Morgan fingerprint density at radius 1 is 1.42 bits per heavy atom. The molecule has 104 valence electrons. The Balaban J connectivity index is 2.06. The molecule has 1 unspecified atom stereocenters. The number of rotatable bonds is 7. The number of imidazole rings is 1. The van der Waals surface area contributed by atoms with E-state index in [1.165, 1.54) is 0 Å². The molecule has 6 heteroatoms. The van der Waals surface area contributed by atoms with E-state index in [0.29, 0.717) is 6.04 Å².